The van der Waals surface area contributed by atoms with Crippen molar-refractivity contribution in [2.24, 2.45) is 0 Å². The lowest BCUT2D eigenvalue weighted by Crippen LogP contribution is -2.49. The van der Waals surface area contributed by atoms with Crippen LogP contribution in [-0.2, 0) is 32.5 Å². The van der Waals surface area contributed by atoms with Crippen LogP contribution in [0.25, 0.3) is 0 Å². The van der Waals surface area contributed by atoms with Crippen LogP contribution in [0.1, 0.15) is 24.0 Å². The van der Waals surface area contributed by atoms with Crippen molar-refractivity contribution in [2.45, 2.75) is 38.0 Å². The highest BCUT2D eigenvalue weighted by atomic mass is 35.5. The standard InChI is InChI=1S/C16H21ClN2O5S/c17-14-4-3-12-5-6-18(9-13(12)8-14)25(22,23)10-15(19(21)11-20)16-2-1-7-24-16/h3-4,8,11,15-16,21H,1-2,5-7,9-10H2/t15-,16-/m1/s1. The number of amides is 1. The van der Waals surface area contributed by atoms with Crippen molar-refractivity contribution < 1.29 is 23.2 Å². The minimum atomic E-state index is -3.68. The van der Waals surface area contributed by atoms with Crippen LogP contribution in [-0.4, -0.2) is 60.5 Å². The molecule has 0 bridgehead atoms. The first-order chi connectivity index (χ1) is 11.9. The van der Waals surface area contributed by atoms with Gasteiger partial charge in [-0.3, -0.25) is 10.0 Å². The van der Waals surface area contributed by atoms with Gasteiger partial charge >= 0.3 is 0 Å². The number of benzene rings is 1. The summed E-state index contributed by atoms with van der Waals surface area (Å²) in [7, 11) is -3.68. The molecule has 2 heterocycles. The number of ether oxygens (including phenoxy) is 1. The Bertz CT molecular complexity index is 736. The second-order valence-corrected chi connectivity index (χ2v) is 8.83. The molecule has 0 saturated carbocycles. The van der Waals surface area contributed by atoms with Gasteiger partial charge in [0.15, 0.2) is 0 Å². The van der Waals surface area contributed by atoms with Gasteiger partial charge in [0.1, 0.15) is 6.04 Å². The summed E-state index contributed by atoms with van der Waals surface area (Å²) in [4.78, 5) is 11.0. The van der Waals surface area contributed by atoms with Crippen molar-refractivity contribution in [3.8, 4) is 0 Å². The number of sulfonamides is 1. The number of hydrogen-bond acceptors (Lipinski definition) is 5. The average Bonchev–Trinajstić information content (AvgIpc) is 3.12. The summed E-state index contributed by atoms with van der Waals surface area (Å²) in [5.74, 6) is -0.372. The van der Waals surface area contributed by atoms with Gasteiger partial charge in [0.05, 0.1) is 11.9 Å². The highest BCUT2D eigenvalue weighted by molar-refractivity contribution is 7.89. The SMILES string of the molecule is O=CN(O)[C@H](CS(=O)(=O)N1CCc2ccc(Cl)cc2C1)[C@H]1CCCO1. The molecule has 0 radical (unpaired) electrons. The molecule has 25 heavy (non-hydrogen) atoms. The van der Waals surface area contributed by atoms with Gasteiger partial charge in [0, 0.05) is 24.7 Å². The summed E-state index contributed by atoms with van der Waals surface area (Å²) in [5, 5.41) is 10.8. The molecule has 138 valence electrons. The number of carbonyl (C=O) groups excluding carboxylic acids is 1. The van der Waals surface area contributed by atoms with Crippen LogP contribution in [0.2, 0.25) is 5.02 Å². The molecule has 0 aromatic heterocycles. The van der Waals surface area contributed by atoms with Gasteiger partial charge in [-0.1, -0.05) is 17.7 Å². The van der Waals surface area contributed by atoms with E-state index in [9.17, 15) is 18.4 Å². The smallest absolute Gasteiger partial charge is 0.233 e. The van der Waals surface area contributed by atoms with E-state index < -0.39 is 22.2 Å². The molecule has 1 saturated heterocycles. The topological polar surface area (TPSA) is 87.2 Å². The zero-order valence-corrected chi connectivity index (χ0v) is 15.2. The Morgan fingerprint density at radius 2 is 2.24 bits per heavy atom. The van der Waals surface area contributed by atoms with Gasteiger partial charge in [-0.15, -0.1) is 0 Å². The van der Waals surface area contributed by atoms with E-state index in [1.165, 1.54) is 4.31 Å². The molecule has 1 amide bonds. The number of hydrogen-bond donors (Lipinski definition) is 1. The molecule has 0 aliphatic carbocycles. The first kappa shape index (κ1) is 18.6. The number of carbonyl (C=O) groups is 1. The van der Waals surface area contributed by atoms with Crippen molar-refractivity contribution >= 4 is 28.0 Å². The second kappa shape index (κ2) is 7.59. The van der Waals surface area contributed by atoms with Crippen LogP contribution in [0.15, 0.2) is 18.2 Å². The molecule has 1 aromatic rings. The minimum absolute atomic E-state index is 0.229. The lowest BCUT2D eigenvalue weighted by molar-refractivity contribution is -0.168. The second-order valence-electron chi connectivity index (χ2n) is 6.38. The molecular formula is C16H21ClN2O5S. The Balaban J connectivity index is 1.77. The average molecular weight is 389 g/mol. The summed E-state index contributed by atoms with van der Waals surface area (Å²) in [6, 6.07) is 4.58. The number of fused-ring (bicyclic) bond motifs is 1. The molecule has 7 nitrogen and oxygen atoms in total. The Kier molecular flexibility index (Phi) is 5.65. The third-order valence-electron chi connectivity index (χ3n) is 4.76. The summed E-state index contributed by atoms with van der Waals surface area (Å²) in [5.41, 5.74) is 1.97. The van der Waals surface area contributed by atoms with E-state index in [4.69, 9.17) is 16.3 Å². The van der Waals surface area contributed by atoms with Crippen molar-refractivity contribution in [3.63, 3.8) is 0 Å². The van der Waals surface area contributed by atoms with Crippen molar-refractivity contribution in [1.29, 1.82) is 0 Å². The number of halogens is 1. The monoisotopic (exact) mass is 388 g/mol. The number of rotatable bonds is 6. The van der Waals surface area contributed by atoms with Crippen molar-refractivity contribution in [3.05, 3.63) is 34.3 Å². The van der Waals surface area contributed by atoms with Crippen molar-refractivity contribution in [2.75, 3.05) is 18.9 Å². The van der Waals surface area contributed by atoms with Gasteiger partial charge < -0.3 is 4.74 Å². The summed E-state index contributed by atoms with van der Waals surface area (Å²) >= 11 is 6.01. The van der Waals surface area contributed by atoms with Crippen molar-refractivity contribution in [1.82, 2.24) is 9.37 Å². The molecule has 2 atom stereocenters. The number of hydroxylamine groups is 2. The maximum Gasteiger partial charge on any atom is 0.233 e. The number of nitrogens with zero attached hydrogens (tertiary/aromatic N) is 2. The minimum Gasteiger partial charge on any atom is -0.376 e. The van der Waals surface area contributed by atoms with Gasteiger partial charge in [-0.2, -0.15) is 4.31 Å². The Morgan fingerprint density at radius 1 is 1.44 bits per heavy atom. The summed E-state index contributed by atoms with van der Waals surface area (Å²) in [6.07, 6.45) is 1.75. The molecule has 1 fully saturated rings. The van der Waals surface area contributed by atoms with Gasteiger partial charge in [-0.05, 0) is 42.5 Å². The van der Waals surface area contributed by atoms with Gasteiger partial charge in [0.25, 0.3) is 0 Å². The van der Waals surface area contributed by atoms with Crippen LogP contribution < -0.4 is 0 Å². The molecule has 0 spiro atoms. The third kappa shape index (κ3) is 4.15. The fraction of sp³-hybridized carbons (Fsp3) is 0.562. The van der Waals surface area contributed by atoms with Crippen LogP contribution in [0, 0.1) is 0 Å². The quantitative estimate of drug-likeness (QED) is 0.452. The van der Waals surface area contributed by atoms with E-state index in [0.29, 0.717) is 36.1 Å². The van der Waals surface area contributed by atoms with Gasteiger partial charge in [-0.25, -0.2) is 13.5 Å². The normalized spacial score (nSPS) is 22.4. The lowest BCUT2D eigenvalue weighted by Gasteiger charge is -2.32. The Morgan fingerprint density at radius 3 is 2.92 bits per heavy atom. The Labute approximate surface area is 152 Å². The molecule has 2 aliphatic heterocycles. The van der Waals surface area contributed by atoms with Crippen LogP contribution in [0.3, 0.4) is 0 Å². The highest BCUT2D eigenvalue weighted by Crippen LogP contribution is 2.26. The molecule has 3 rings (SSSR count). The van der Waals surface area contributed by atoms with E-state index in [2.05, 4.69) is 0 Å². The van der Waals surface area contributed by atoms with E-state index in [1.54, 1.807) is 12.1 Å². The maximum absolute atomic E-state index is 12.9. The van der Waals surface area contributed by atoms with E-state index in [0.717, 1.165) is 17.5 Å². The fourth-order valence-corrected chi connectivity index (χ4v) is 5.31. The van der Waals surface area contributed by atoms with E-state index in [1.807, 2.05) is 6.07 Å². The summed E-state index contributed by atoms with van der Waals surface area (Å²) < 4.78 is 32.6. The van der Waals surface area contributed by atoms with E-state index in [-0.39, 0.29) is 18.7 Å². The van der Waals surface area contributed by atoms with Crippen LogP contribution in [0.4, 0.5) is 0 Å². The zero-order chi connectivity index (χ0) is 18.0. The first-order valence-electron chi connectivity index (χ1n) is 8.20. The van der Waals surface area contributed by atoms with Crippen LogP contribution in [0.5, 0.6) is 0 Å². The fourth-order valence-electron chi connectivity index (χ4n) is 3.40. The molecule has 2 aliphatic rings. The molecule has 1 N–H and O–H groups in total. The van der Waals surface area contributed by atoms with Gasteiger partial charge in [0.2, 0.25) is 16.4 Å². The highest BCUT2D eigenvalue weighted by Gasteiger charge is 2.37. The maximum atomic E-state index is 12.9. The molecule has 0 unspecified atom stereocenters. The zero-order valence-electron chi connectivity index (χ0n) is 13.7. The van der Waals surface area contributed by atoms with Crippen LogP contribution >= 0.6 is 11.6 Å². The Hall–Kier alpha value is -1.19. The van der Waals surface area contributed by atoms with E-state index >= 15 is 0 Å². The first-order valence-corrected chi connectivity index (χ1v) is 10.2. The lowest BCUT2D eigenvalue weighted by atomic mass is 10.0. The molecule has 1 aromatic carbocycles. The predicted octanol–water partition coefficient (Wildman–Crippen LogP) is 1.42. The summed E-state index contributed by atoms with van der Waals surface area (Å²) in [6.45, 7) is 1.11. The predicted molar refractivity (Wildman–Crippen MR) is 91.8 cm³/mol. The third-order valence-corrected chi connectivity index (χ3v) is 6.86. The molecule has 9 heteroatoms. The molecular weight excluding hydrogens is 368 g/mol. The largest absolute Gasteiger partial charge is 0.376 e.